The monoisotopic (exact) mass is 439 g/mol. The zero-order valence-electron chi connectivity index (χ0n) is 18.1. The van der Waals surface area contributed by atoms with Crippen molar-refractivity contribution in [3.8, 4) is 0 Å². The minimum Gasteiger partial charge on any atom is -0.374 e. The molecular weight excluding hydrogens is 410 g/mol. The van der Waals surface area contributed by atoms with E-state index >= 15 is 0 Å². The Hall–Kier alpha value is -2.51. The summed E-state index contributed by atoms with van der Waals surface area (Å²) in [5.41, 5.74) is 3.28. The van der Waals surface area contributed by atoms with E-state index in [4.69, 9.17) is 4.74 Å². The molecule has 0 radical (unpaired) electrons. The van der Waals surface area contributed by atoms with Gasteiger partial charge in [0.2, 0.25) is 5.91 Å². The van der Waals surface area contributed by atoms with E-state index in [0.717, 1.165) is 40.6 Å². The van der Waals surface area contributed by atoms with Gasteiger partial charge in [-0.1, -0.05) is 24.3 Å². The van der Waals surface area contributed by atoms with Crippen molar-refractivity contribution in [2.24, 2.45) is 0 Å². The number of ether oxygens (including phenoxy) is 1. The Balaban J connectivity index is 1.38. The van der Waals surface area contributed by atoms with Crippen LogP contribution in [0.15, 0.2) is 35.4 Å². The van der Waals surface area contributed by atoms with Crippen molar-refractivity contribution in [3.05, 3.63) is 62.5 Å². The number of aryl methyl sites for hydroxylation is 3. The highest BCUT2D eigenvalue weighted by molar-refractivity contribution is 7.18. The second-order valence-corrected chi connectivity index (χ2v) is 9.37. The number of aromatic nitrogens is 2. The van der Waals surface area contributed by atoms with Crippen LogP contribution in [0.2, 0.25) is 0 Å². The Morgan fingerprint density at radius 3 is 2.81 bits per heavy atom. The van der Waals surface area contributed by atoms with Crippen molar-refractivity contribution in [3.63, 3.8) is 0 Å². The van der Waals surface area contributed by atoms with Crippen LogP contribution in [0.3, 0.4) is 0 Å². The maximum absolute atomic E-state index is 13.0. The van der Waals surface area contributed by atoms with Crippen molar-refractivity contribution < 1.29 is 9.53 Å². The van der Waals surface area contributed by atoms with Crippen molar-refractivity contribution in [1.29, 1.82) is 0 Å². The minimum atomic E-state index is -0.0843. The first-order valence-corrected chi connectivity index (χ1v) is 11.8. The molecule has 4 rings (SSSR count). The Kier molecular flexibility index (Phi) is 6.83. The molecule has 1 aromatic carbocycles. The van der Waals surface area contributed by atoms with Gasteiger partial charge in [-0.2, -0.15) is 0 Å². The first kappa shape index (κ1) is 21.7. The van der Waals surface area contributed by atoms with Gasteiger partial charge in [-0.15, -0.1) is 11.3 Å². The highest BCUT2D eigenvalue weighted by Gasteiger charge is 2.20. The number of fused-ring (bicyclic) bond motifs is 3. The summed E-state index contributed by atoms with van der Waals surface area (Å²) in [5, 5.41) is 3.74. The van der Waals surface area contributed by atoms with E-state index in [1.165, 1.54) is 16.9 Å². The largest absolute Gasteiger partial charge is 0.374 e. The van der Waals surface area contributed by atoms with Crippen LogP contribution >= 0.6 is 11.3 Å². The number of hydrogen-bond acceptors (Lipinski definition) is 5. The smallest absolute Gasteiger partial charge is 0.262 e. The summed E-state index contributed by atoms with van der Waals surface area (Å²) in [6.45, 7) is 5.31. The molecule has 0 bridgehead atoms. The summed E-state index contributed by atoms with van der Waals surface area (Å²) in [6, 6.07) is 7.96. The highest BCUT2D eigenvalue weighted by atomic mass is 32.1. The lowest BCUT2D eigenvalue weighted by Gasteiger charge is -2.13. The lowest BCUT2D eigenvalue weighted by Crippen LogP contribution is -2.27. The van der Waals surface area contributed by atoms with Crippen LogP contribution in [0.1, 0.15) is 54.7 Å². The molecule has 0 aliphatic heterocycles. The van der Waals surface area contributed by atoms with E-state index in [1.54, 1.807) is 22.2 Å². The molecule has 3 aromatic rings. The fraction of sp³-hybridized carbons (Fsp3) is 0.458. The second kappa shape index (κ2) is 9.75. The molecule has 0 fully saturated rings. The van der Waals surface area contributed by atoms with Gasteiger partial charge in [-0.3, -0.25) is 14.2 Å². The SMILES string of the molecule is CC(C)OCc1ccccc1CNC(=O)CCn1cnc2sc3c(c2c1=O)CCCC3. The van der Waals surface area contributed by atoms with E-state index in [9.17, 15) is 9.59 Å². The molecular formula is C24H29N3O3S. The van der Waals surface area contributed by atoms with Crippen molar-refractivity contribution in [1.82, 2.24) is 14.9 Å². The average molecular weight is 440 g/mol. The fourth-order valence-corrected chi connectivity index (χ4v) is 5.19. The van der Waals surface area contributed by atoms with Crippen LogP contribution < -0.4 is 10.9 Å². The van der Waals surface area contributed by atoms with Crippen molar-refractivity contribution >= 4 is 27.5 Å². The molecule has 7 heteroatoms. The third-order valence-electron chi connectivity index (χ3n) is 5.69. The van der Waals surface area contributed by atoms with Crippen LogP contribution in [0, 0.1) is 0 Å². The van der Waals surface area contributed by atoms with Crippen LogP contribution in [-0.2, 0) is 42.1 Å². The lowest BCUT2D eigenvalue weighted by atomic mass is 9.97. The fourth-order valence-electron chi connectivity index (χ4n) is 3.97. The Bertz CT molecular complexity index is 1130. The van der Waals surface area contributed by atoms with Gasteiger partial charge in [0.25, 0.3) is 5.56 Å². The van der Waals surface area contributed by atoms with Gasteiger partial charge < -0.3 is 10.1 Å². The molecule has 0 saturated carbocycles. The van der Waals surface area contributed by atoms with Gasteiger partial charge in [0.05, 0.1) is 24.4 Å². The Labute approximate surface area is 186 Å². The van der Waals surface area contributed by atoms with Crippen LogP contribution in [-0.4, -0.2) is 21.6 Å². The zero-order chi connectivity index (χ0) is 21.8. The van der Waals surface area contributed by atoms with E-state index in [1.807, 2.05) is 38.1 Å². The van der Waals surface area contributed by atoms with E-state index < -0.39 is 0 Å². The molecule has 0 spiro atoms. The first-order chi connectivity index (χ1) is 15.0. The number of carbonyl (C=O) groups excluding carboxylic acids is 1. The number of carbonyl (C=O) groups is 1. The van der Waals surface area contributed by atoms with Gasteiger partial charge in [0.1, 0.15) is 4.83 Å². The predicted molar refractivity (Wildman–Crippen MR) is 123 cm³/mol. The van der Waals surface area contributed by atoms with Crippen molar-refractivity contribution in [2.75, 3.05) is 0 Å². The normalized spacial score (nSPS) is 13.5. The number of nitrogens with zero attached hydrogens (tertiary/aromatic N) is 2. The predicted octanol–water partition coefficient (Wildman–Crippen LogP) is 3.97. The summed E-state index contributed by atoms with van der Waals surface area (Å²) in [6.07, 6.45) is 6.28. The van der Waals surface area contributed by atoms with Crippen LogP contribution in [0.4, 0.5) is 0 Å². The number of thiophene rings is 1. The van der Waals surface area contributed by atoms with Crippen LogP contribution in [0.5, 0.6) is 0 Å². The average Bonchev–Trinajstić information content (AvgIpc) is 3.15. The molecule has 164 valence electrons. The van der Waals surface area contributed by atoms with E-state index in [0.29, 0.717) is 19.7 Å². The third-order valence-corrected chi connectivity index (χ3v) is 6.89. The number of hydrogen-bond donors (Lipinski definition) is 1. The number of amides is 1. The first-order valence-electron chi connectivity index (χ1n) is 11.0. The van der Waals surface area contributed by atoms with Gasteiger partial charge >= 0.3 is 0 Å². The van der Waals surface area contributed by atoms with Gasteiger partial charge in [-0.05, 0) is 56.2 Å². The molecule has 31 heavy (non-hydrogen) atoms. The quantitative estimate of drug-likeness (QED) is 0.576. The van der Waals surface area contributed by atoms with E-state index in [2.05, 4.69) is 10.3 Å². The molecule has 1 aliphatic carbocycles. The molecule has 0 atom stereocenters. The second-order valence-electron chi connectivity index (χ2n) is 8.29. The molecule has 0 saturated heterocycles. The van der Waals surface area contributed by atoms with Gasteiger partial charge in [-0.25, -0.2) is 4.98 Å². The lowest BCUT2D eigenvalue weighted by molar-refractivity contribution is -0.121. The van der Waals surface area contributed by atoms with E-state index in [-0.39, 0.29) is 24.0 Å². The summed E-state index contributed by atoms with van der Waals surface area (Å²) >= 11 is 1.65. The summed E-state index contributed by atoms with van der Waals surface area (Å²) in [7, 11) is 0. The maximum Gasteiger partial charge on any atom is 0.262 e. The highest BCUT2D eigenvalue weighted by Crippen LogP contribution is 2.33. The summed E-state index contributed by atoms with van der Waals surface area (Å²) < 4.78 is 7.28. The van der Waals surface area contributed by atoms with Crippen LogP contribution in [0.25, 0.3) is 10.2 Å². The van der Waals surface area contributed by atoms with Crippen molar-refractivity contribution in [2.45, 2.75) is 71.8 Å². The topological polar surface area (TPSA) is 73.2 Å². The minimum absolute atomic E-state index is 0.0200. The van der Waals surface area contributed by atoms with Gasteiger partial charge in [0.15, 0.2) is 0 Å². The summed E-state index contributed by atoms with van der Waals surface area (Å²) in [4.78, 5) is 32.1. The number of benzene rings is 1. The third kappa shape index (κ3) is 5.05. The number of nitrogens with one attached hydrogen (secondary N) is 1. The molecule has 1 aliphatic rings. The molecule has 2 aromatic heterocycles. The summed E-state index contributed by atoms with van der Waals surface area (Å²) in [5.74, 6) is -0.0843. The maximum atomic E-state index is 13.0. The molecule has 0 unspecified atom stereocenters. The Morgan fingerprint density at radius 1 is 1.23 bits per heavy atom. The standard InChI is InChI=1S/C24H29N3O3S/c1-16(2)30-14-18-8-4-3-7-17(18)13-25-21(28)11-12-27-15-26-23-22(24(27)29)19-9-5-6-10-20(19)31-23/h3-4,7-8,15-16H,5-6,9-14H2,1-2H3,(H,25,28). The van der Waals surface area contributed by atoms with Gasteiger partial charge in [0, 0.05) is 24.4 Å². The number of rotatable bonds is 8. The molecule has 2 heterocycles. The Morgan fingerprint density at radius 2 is 2.00 bits per heavy atom. The zero-order valence-corrected chi connectivity index (χ0v) is 19.0. The molecule has 1 N–H and O–H groups in total. The molecule has 1 amide bonds. The molecule has 6 nitrogen and oxygen atoms in total.